The summed E-state index contributed by atoms with van der Waals surface area (Å²) in [6.45, 7) is 5.02. The molecule has 164 valence electrons. The fraction of sp³-hybridized carbons (Fsp3) is 0.478. The van der Waals surface area contributed by atoms with Crippen LogP contribution in [0.1, 0.15) is 5.56 Å². The van der Waals surface area contributed by atoms with Gasteiger partial charge in [0.15, 0.2) is 11.5 Å². The Bertz CT molecular complexity index is 753. The Hall–Kier alpha value is -2.48. The van der Waals surface area contributed by atoms with Gasteiger partial charge in [-0.15, -0.1) is 0 Å². The summed E-state index contributed by atoms with van der Waals surface area (Å²) in [5, 5.41) is 10.4. The van der Waals surface area contributed by atoms with Crippen molar-refractivity contribution in [1.29, 1.82) is 0 Å². The molecule has 1 atom stereocenters. The molecule has 2 aromatic carbocycles. The van der Waals surface area contributed by atoms with E-state index >= 15 is 0 Å². The number of rotatable bonds is 10. The van der Waals surface area contributed by atoms with E-state index in [-0.39, 0.29) is 6.61 Å². The molecular formula is C23H32N2O5. The maximum absolute atomic E-state index is 10.4. The van der Waals surface area contributed by atoms with Gasteiger partial charge in [-0.3, -0.25) is 4.90 Å². The summed E-state index contributed by atoms with van der Waals surface area (Å²) in [5.74, 6) is 1.73. The van der Waals surface area contributed by atoms with E-state index in [1.807, 2.05) is 18.2 Å². The molecule has 0 spiro atoms. The minimum Gasteiger partial charge on any atom is -0.493 e. The van der Waals surface area contributed by atoms with Crippen molar-refractivity contribution in [1.82, 2.24) is 4.90 Å². The van der Waals surface area contributed by atoms with Gasteiger partial charge in [-0.25, -0.2) is 0 Å². The number of aliphatic hydroxyl groups is 1. The molecule has 0 unspecified atom stereocenters. The highest BCUT2D eigenvalue weighted by Gasteiger charge is 2.20. The third kappa shape index (κ3) is 5.78. The molecule has 0 saturated carbocycles. The predicted molar refractivity (Wildman–Crippen MR) is 117 cm³/mol. The van der Waals surface area contributed by atoms with Crippen LogP contribution in [0.5, 0.6) is 17.2 Å². The number of hydrogen-bond acceptors (Lipinski definition) is 7. The number of nitrogens with zero attached hydrogens (tertiary/aromatic N) is 2. The number of aliphatic hydroxyl groups excluding tert-OH is 1. The van der Waals surface area contributed by atoms with Gasteiger partial charge in [0.1, 0.15) is 0 Å². The van der Waals surface area contributed by atoms with Gasteiger partial charge in [0, 0.05) is 38.4 Å². The molecule has 1 fully saturated rings. The summed E-state index contributed by atoms with van der Waals surface area (Å²) in [6, 6.07) is 14.2. The Morgan fingerprint density at radius 3 is 2.10 bits per heavy atom. The molecule has 1 heterocycles. The van der Waals surface area contributed by atoms with Crippen molar-refractivity contribution >= 4 is 5.69 Å². The van der Waals surface area contributed by atoms with E-state index in [1.54, 1.807) is 21.3 Å². The van der Waals surface area contributed by atoms with Crippen molar-refractivity contribution in [3.63, 3.8) is 0 Å². The van der Waals surface area contributed by atoms with E-state index < -0.39 is 6.10 Å². The molecule has 0 amide bonds. The van der Waals surface area contributed by atoms with Crippen LogP contribution in [-0.2, 0) is 11.3 Å². The largest absolute Gasteiger partial charge is 0.493 e. The summed E-state index contributed by atoms with van der Waals surface area (Å²) >= 11 is 0. The number of piperazine rings is 1. The minimum absolute atomic E-state index is 0.273. The van der Waals surface area contributed by atoms with Crippen LogP contribution < -0.4 is 19.1 Å². The van der Waals surface area contributed by atoms with Gasteiger partial charge >= 0.3 is 0 Å². The van der Waals surface area contributed by atoms with Crippen molar-refractivity contribution in [2.24, 2.45) is 0 Å². The zero-order valence-corrected chi connectivity index (χ0v) is 18.0. The fourth-order valence-electron chi connectivity index (χ4n) is 3.71. The Balaban J connectivity index is 1.43. The van der Waals surface area contributed by atoms with Crippen LogP contribution in [0.4, 0.5) is 5.69 Å². The highest BCUT2D eigenvalue weighted by atomic mass is 16.5. The second kappa shape index (κ2) is 11.1. The maximum atomic E-state index is 10.4. The highest BCUT2D eigenvalue weighted by Crippen LogP contribution is 2.38. The molecule has 1 saturated heterocycles. The first-order valence-electron chi connectivity index (χ1n) is 10.2. The molecule has 0 radical (unpaired) electrons. The summed E-state index contributed by atoms with van der Waals surface area (Å²) < 4.78 is 21.8. The zero-order valence-electron chi connectivity index (χ0n) is 18.0. The fourth-order valence-corrected chi connectivity index (χ4v) is 3.71. The molecule has 3 rings (SSSR count). The van der Waals surface area contributed by atoms with E-state index in [9.17, 15) is 5.11 Å². The summed E-state index contributed by atoms with van der Waals surface area (Å²) in [5.41, 5.74) is 2.15. The normalized spacial score (nSPS) is 15.7. The van der Waals surface area contributed by atoms with Crippen molar-refractivity contribution in [2.75, 3.05) is 65.6 Å². The van der Waals surface area contributed by atoms with E-state index in [4.69, 9.17) is 18.9 Å². The lowest BCUT2D eigenvalue weighted by Gasteiger charge is -2.36. The zero-order chi connectivity index (χ0) is 21.3. The molecule has 0 bridgehead atoms. The van der Waals surface area contributed by atoms with E-state index in [2.05, 4.69) is 34.1 Å². The van der Waals surface area contributed by atoms with Crippen LogP contribution in [0.15, 0.2) is 42.5 Å². The van der Waals surface area contributed by atoms with Crippen LogP contribution in [0.25, 0.3) is 0 Å². The third-order valence-electron chi connectivity index (χ3n) is 5.27. The number of β-amino-alcohol motifs (C(OH)–C–C–N with tert-alkyl or cyclic N) is 1. The minimum atomic E-state index is -0.532. The Kier molecular flexibility index (Phi) is 8.19. The number of benzene rings is 2. The summed E-state index contributed by atoms with van der Waals surface area (Å²) in [4.78, 5) is 4.66. The van der Waals surface area contributed by atoms with Gasteiger partial charge in [-0.1, -0.05) is 18.2 Å². The highest BCUT2D eigenvalue weighted by molar-refractivity contribution is 5.53. The molecule has 7 nitrogen and oxygen atoms in total. The van der Waals surface area contributed by atoms with Gasteiger partial charge in [0.05, 0.1) is 40.6 Å². The first kappa shape index (κ1) is 22.2. The predicted octanol–water partition coefficient (Wildman–Crippen LogP) is 2.41. The molecule has 0 aromatic heterocycles. The average Bonchev–Trinajstić information content (AvgIpc) is 2.79. The lowest BCUT2D eigenvalue weighted by molar-refractivity contribution is 0.00905. The first-order valence-corrected chi connectivity index (χ1v) is 10.2. The van der Waals surface area contributed by atoms with Crippen LogP contribution in [0.2, 0.25) is 0 Å². The maximum Gasteiger partial charge on any atom is 0.203 e. The van der Waals surface area contributed by atoms with Crippen molar-refractivity contribution in [3.8, 4) is 17.2 Å². The van der Waals surface area contributed by atoms with Crippen LogP contribution in [0.3, 0.4) is 0 Å². The van der Waals surface area contributed by atoms with Gasteiger partial charge in [0.2, 0.25) is 5.75 Å². The van der Waals surface area contributed by atoms with E-state index in [1.165, 1.54) is 5.69 Å². The van der Waals surface area contributed by atoms with Crippen LogP contribution >= 0.6 is 0 Å². The summed E-state index contributed by atoms with van der Waals surface area (Å²) in [6.07, 6.45) is -0.532. The average molecular weight is 417 g/mol. The van der Waals surface area contributed by atoms with Gasteiger partial charge in [0.25, 0.3) is 0 Å². The van der Waals surface area contributed by atoms with Crippen molar-refractivity contribution < 1.29 is 24.1 Å². The molecule has 1 N–H and O–H groups in total. The Morgan fingerprint density at radius 1 is 0.900 bits per heavy atom. The Morgan fingerprint density at radius 2 is 1.53 bits per heavy atom. The van der Waals surface area contributed by atoms with Crippen molar-refractivity contribution in [3.05, 3.63) is 48.0 Å². The molecular weight excluding hydrogens is 384 g/mol. The molecule has 0 aliphatic carbocycles. The second-order valence-corrected chi connectivity index (χ2v) is 7.33. The van der Waals surface area contributed by atoms with Crippen LogP contribution in [-0.4, -0.2) is 76.8 Å². The lowest BCUT2D eigenvalue weighted by Crippen LogP contribution is -2.49. The van der Waals surface area contributed by atoms with E-state index in [0.717, 1.165) is 31.7 Å². The number of para-hydroxylation sites is 1. The molecule has 1 aliphatic heterocycles. The number of methoxy groups -OCH3 is 3. The monoisotopic (exact) mass is 416 g/mol. The third-order valence-corrected chi connectivity index (χ3v) is 5.27. The molecule has 1 aliphatic rings. The molecule has 2 aromatic rings. The van der Waals surface area contributed by atoms with Crippen LogP contribution in [0, 0.1) is 0 Å². The number of hydrogen-bond donors (Lipinski definition) is 1. The first-order chi connectivity index (χ1) is 14.6. The standard InChI is InChI=1S/C23H32N2O5/c1-27-21-13-18(14-22(28-2)23(21)29-3)16-30-17-20(26)15-24-9-11-25(12-10-24)19-7-5-4-6-8-19/h4-8,13-14,20,26H,9-12,15-17H2,1-3H3/t20-/m0/s1. The number of ether oxygens (including phenoxy) is 4. The molecule has 30 heavy (non-hydrogen) atoms. The Labute approximate surface area is 178 Å². The SMILES string of the molecule is COc1cc(COC[C@@H](O)CN2CCN(c3ccccc3)CC2)cc(OC)c1OC. The smallest absolute Gasteiger partial charge is 0.203 e. The lowest BCUT2D eigenvalue weighted by atomic mass is 10.2. The van der Waals surface area contributed by atoms with Gasteiger partial charge in [-0.05, 0) is 29.8 Å². The van der Waals surface area contributed by atoms with Gasteiger partial charge < -0.3 is 29.0 Å². The topological polar surface area (TPSA) is 63.6 Å². The second-order valence-electron chi connectivity index (χ2n) is 7.33. The summed E-state index contributed by atoms with van der Waals surface area (Å²) in [7, 11) is 4.75. The van der Waals surface area contributed by atoms with Gasteiger partial charge in [-0.2, -0.15) is 0 Å². The number of anilines is 1. The quantitative estimate of drug-likeness (QED) is 0.638. The van der Waals surface area contributed by atoms with E-state index in [0.29, 0.717) is 30.4 Å². The molecule has 7 heteroatoms. The van der Waals surface area contributed by atoms with Crippen molar-refractivity contribution in [2.45, 2.75) is 12.7 Å².